The molecule has 2 aromatic carbocycles. The Morgan fingerprint density at radius 2 is 1.62 bits per heavy atom. The average molecular weight is 310 g/mol. The number of carboxylic acid groups (broad SMARTS) is 1. The van der Waals surface area contributed by atoms with E-state index in [0.717, 1.165) is 25.9 Å². The predicted molar refractivity (Wildman–Crippen MR) is 89.6 cm³/mol. The Hall–Kier alpha value is -2.17. The summed E-state index contributed by atoms with van der Waals surface area (Å²) in [6, 6.07) is 18.1. The third kappa shape index (κ3) is 1.95. The van der Waals surface area contributed by atoms with Crippen molar-refractivity contribution >= 4 is 48.8 Å². The first kappa shape index (κ1) is 12.6. The molecule has 2 heterocycles. The van der Waals surface area contributed by atoms with Crippen molar-refractivity contribution < 1.29 is 9.90 Å². The van der Waals surface area contributed by atoms with Gasteiger partial charge in [-0.3, -0.25) is 0 Å². The lowest BCUT2D eigenvalue weighted by molar-refractivity contribution is 0.0703. The Kier molecular flexibility index (Phi) is 2.80. The Balaban J connectivity index is 2.08. The number of benzene rings is 2. The molecule has 1 N–H and O–H groups in total. The van der Waals surface area contributed by atoms with Gasteiger partial charge in [-0.1, -0.05) is 36.4 Å². The fourth-order valence-electron chi connectivity index (χ4n) is 2.55. The predicted octanol–water partition coefficient (Wildman–Crippen LogP) is 5.48. The van der Waals surface area contributed by atoms with Crippen molar-refractivity contribution in [2.75, 3.05) is 0 Å². The molecule has 21 heavy (non-hydrogen) atoms. The van der Waals surface area contributed by atoms with E-state index in [1.54, 1.807) is 11.3 Å². The summed E-state index contributed by atoms with van der Waals surface area (Å²) >= 11 is 2.99. The molecule has 0 saturated carbocycles. The van der Waals surface area contributed by atoms with Crippen molar-refractivity contribution in [2.24, 2.45) is 0 Å². The number of rotatable bonds is 2. The molecule has 2 aromatic heterocycles. The van der Waals surface area contributed by atoms with Gasteiger partial charge in [-0.2, -0.15) is 0 Å². The minimum Gasteiger partial charge on any atom is -0.477 e. The molecular formula is C17H10O2S2. The van der Waals surface area contributed by atoms with E-state index in [1.165, 1.54) is 16.0 Å². The number of carboxylic acids is 1. The summed E-state index contributed by atoms with van der Waals surface area (Å²) in [4.78, 5) is 13.0. The quantitative estimate of drug-likeness (QED) is 0.532. The van der Waals surface area contributed by atoms with Crippen LogP contribution in [0.4, 0.5) is 0 Å². The lowest BCUT2D eigenvalue weighted by Gasteiger charge is -1.97. The molecule has 0 bridgehead atoms. The third-order valence-electron chi connectivity index (χ3n) is 3.46. The molecular weight excluding hydrogens is 300 g/mol. The lowest BCUT2D eigenvalue weighted by atomic mass is 10.1. The van der Waals surface area contributed by atoms with Gasteiger partial charge in [0, 0.05) is 25.2 Å². The van der Waals surface area contributed by atoms with Crippen LogP contribution in [0.15, 0.2) is 54.6 Å². The second kappa shape index (κ2) is 4.69. The number of hydrogen-bond donors (Lipinski definition) is 1. The SMILES string of the molecule is O=C(O)c1sc2ccccc2c1-c1cc2ccccc2s1. The van der Waals surface area contributed by atoms with Crippen LogP contribution in [-0.2, 0) is 0 Å². The molecule has 2 nitrogen and oxygen atoms in total. The molecule has 0 aliphatic heterocycles. The second-order valence-electron chi connectivity index (χ2n) is 4.76. The summed E-state index contributed by atoms with van der Waals surface area (Å²) < 4.78 is 2.20. The summed E-state index contributed by atoms with van der Waals surface area (Å²) in [5, 5.41) is 11.7. The normalized spacial score (nSPS) is 11.2. The molecule has 0 fully saturated rings. The van der Waals surface area contributed by atoms with Crippen LogP contribution < -0.4 is 0 Å². The highest BCUT2D eigenvalue weighted by Gasteiger charge is 2.20. The van der Waals surface area contributed by atoms with Crippen LogP contribution in [0, 0.1) is 0 Å². The molecule has 4 aromatic rings. The Labute approximate surface area is 128 Å². The molecule has 0 aliphatic rings. The first-order valence-electron chi connectivity index (χ1n) is 6.48. The van der Waals surface area contributed by atoms with Gasteiger partial charge < -0.3 is 5.11 Å². The van der Waals surface area contributed by atoms with Crippen molar-refractivity contribution in [2.45, 2.75) is 0 Å². The average Bonchev–Trinajstić information content (AvgIpc) is 3.07. The molecule has 4 heteroatoms. The van der Waals surface area contributed by atoms with E-state index in [2.05, 4.69) is 18.2 Å². The highest BCUT2D eigenvalue weighted by molar-refractivity contribution is 7.24. The van der Waals surface area contributed by atoms with Gasteiger partial charge in [-0.25, -0.2) is 4.79 Å². The van der Waals surface area contributed by atoms with Crippen molar-refractivity contribution in [1.82, 2.24) is 0 Å². The number of carbonyl (C=O) groups is 1. The van der Waals surface area contributed by atoms with Crippen LogP contribution in [-0.4, -0.2) is 11.1 Å². The zero-order chi connectivity index (χ0) is 14.4. The van der Waals surface area contributed by atoms with Crippen LogP contribution in [0.3, 0.4) is 0 Å². The fraction of sp³-hybridized carbons (Fsp3) is 0. The topological polar surface area (TPSA) is 37.3 Å². The van der Waals surface area contributed by atoms with E-state index in [4.69, 9.17) is 0 Å². The van der Waals surface area contributed by atoms with Crippen LogP contribution in [0.25, 0.3) is 30.6 Å². The largest absolute Gasteiger partial charge is 0.477 e. The van der Waals surface area contributed by atoms with Crippen LogP contribution in [0.5, 0.6) is 0 Å². The zero-order valence-corrected chi connectivity index (χ0v) is 12.5. The van der Waals surface area contributed by atoms with Gasteiger partial charge in [0.2, 0.25) is 0 Å². The van der Waals surface area contributed by atoms with Crippen molar-refractivity contribution in [3.8, 4) is 10.4 Å². The molecule has 0 atom stereocenters. The smallest absolute Gasteiger partial charge is 0.346 e. The Bertz CT molecular complexity index is 946. The standard InChI is InChI=1S/C17H10O2S2/c18-17(19)16-15(11-6-2-4-8-13(11)21-16)14-9-10-5-1-3-7-12(10)20-14/h1-9H,(H,18,19). The van der Waals surface area contributed by atoms with Gasteiger partial charge in [-0.05, 0) is 23.6 Å². The van der Waals surface area contributed by atoms with Crippen LogP contribution in [0.1, 0.15) is 9.67 Å². The molecule has 102 valence electrons. The molecule has 4 rings (SSSR count). The van der Waals surface area contributed by atoms with E-state index < -0.39 is 5.97 Å². The fourth-order valence-corrected chi connectivity index (χ4v) is 4.79. The van der Waals surface area contributed by atoms with Gasteiger partial charge in [0.25, 0.3) is 0 Å². The Morgan fingerprint density at radius 1 is 0.905 bits per heavy atom. The number of hydrogen-bond acceptors (Lipinski definition) is 3. The van der Waals surface area contributed by atoms with Gasteiger partial charge in [0.05, 0.1) is 0 Å². The zero-order valence-electron chi connectivity index (χ0n) is 10.9. The van der Waals surface area contributed by atoms with Crippen molar-refractivity contribution in [3.63, 3.8) is 0 Å². The minimum atomic E-state index is -0.858. The summed E-state index contributed by atoms with van der Waals surface area (Å²) in [5.74, 6) is -0.858. The first-order valence-corrected chi connectivity index (χ1v) is 8.11. The van der Waals surface area contributed by atoms with Crippen molar-refractivity contribution in [1.29, 1.82) is 0 Å². The van der Waals surface area contributed by atoms with E-state index in [-0.39, 0.29) is 0 Å². The summed E-state index contributed by atoms with van der Waals surface area (Å²) in [6.07, 6.45) is 0. The summed E-state index contributed by atoms with van der Waals surface area (Å²) in [5.41, 5.74) is 0.851. The first-order chi connectivity index (χ1) is 10.2. The van der Waals surface area contributed by atoms with Crippen molar-refractivity contribution in [3.05, 3.63) is 59.5 Å². The highest BCUT2D eigenvalue weighted by atomic mass is 32.1. The molecule has 0 amide bonds. The van der Waals surface area contributed by atoms with E-state index in [0.29, 0.717) is 4.88 Å². The second-order valence-corrected chi connectivity index (χ2v) is 6.89. The lowest BCUT2D eigenvalue weighted by Crippen LogP contribution is -1.93. The van der Waals surface area contributed by atoms with Gasteiger partial charge in [-0.15, -0.1) is 22.7 Å². The highest BCUT2D eigenvalue weighted by Crippen LogP contribution is 2.43. The van der Waals surface area contributed by atoms with E-state index in [9.17, 15) is 9.90 Å². The van der Waals surface area contributed by atoms with E-state index in [1.807, 2.05) is 36.4 Å². The number of thiophene rings is 2. The molecule has 0 saturated heterocycles. The van der Waals surface area contributed by atoms with Crippen LogP contribution in [0.2, 0.25) is 0 Å². The maximum atomic E-state index is 11.6. The Morgan fingerprint density at radius 3 is 2.38 bits per heavy atom. The summed E-state index contributed by atoms with van der Waals surface area (Å²) in [7, 11) is 0. The molecule has 0 unspecified atom stereocenters. The monoisotopic (exact) mass is 310 g/mol. The molecule has 0 aliphatic carbocycles. The maximum Gasteiger partial charge on any atom is 0.346 e. The maximum absolute atomic E-state index is 11.6. The van der Waals surface area contributed by atoms with Gasteiger partial charge >= 0.3 is 5.97 Å². The molecule has 0 spiro atoms. The number of fused-ring (bicyclic) bond motifs is 2. The molecule has 0 radical (unpaired) electrons. The third-order valence-corrected chi connectivity index (χ3v) is 5.75. The summed E-state index contributed by atoms with van der Waals surface area (Å²) in [6.45, 7) is 0. The van der Waals surface area contributed by atoms with Gasteiger partial charge in [0.1, 0.15) is 4.88 Å². The number of aromatic carboxylic acids is 1. The van der Waals surface area contributed by atoms with Crippen LogP contribution >= 0.6 is 22.7 Å². The minimum absolute atomic E-state index is 0.419. The van der Waals surface area contributed by atoms with Gasteiger partial charge in [0.15, 0.2) is 0 Å². The van der Waals surface area contributed by atoms with E-state index >= 15 is 0 Å².